The molecule has 2 rings (SSSR count). The van der Waals surface area contributed by atoms with Crippen molar-refractivity contribution in [2.75, 3.05) is 6.54 Å². The van der Waals surface area contributed by atoms with Gasteiger partial charge in [0.25, 0.3) is 0 Å². The highest BCUT2D eigenvalue weighted by Crippen LogP contribution is 2.29. The fourth-order valence-corrected chi connectivity index (χ4v) is 1.95. The summed E-state index contributed by atoms with van der Waals surface area (Å²) >= 11 is 0. The van der Waals surface area contributed by atoms with E-state index in [0.717, 1.165) is 19.4 Å². The van der Waals surface area contributed by atoms with Crippen LogP contribution in [0.15, 0.2) is 12.1 Å². The van der Waals surface area contributed by atoms with E-state index in [-0.39, 0.29) is 11.6 Å². The van der Waals surface area contributed by atoms with Crippen molar-refractivity contribution in [3.63, 3.8) is 0 Å². The second-order valence-electron chi connectivity index (χ2n) is 3.85. The Morgan fingerprint density at radius 3 is 2.81 bits per heavy atom. The Labute approximate surface area is 91.7 Å². The van der Waals surface area contributed by atoms with Gasteiger partial charge < -0.3 is 15.5 Å². The molecule has 1 aromatic carbocycles. The van der Waals surface area contributed by atoms with Crippen LogP contribution in [-0.4, -0.2) is 22.7 Å². The van der Waals surface area contributed by atoms with E-state index in [0.29, 0.717) is 5.56 Å². The van der Waals surface area contributed by atoms with Gasteiger partial charge in [-0.05, 0) is 37.1 Å². The number of rotatable bonds is 2. The van der Waals surface area contributed by atoms with Crippen LogP contribution in [0.5, 0.6) is 5.75 Å². The van der Waals surface area contributed by atoms with Crippen molar-refractivity contribution in [2.24, 2.45) is 0 Å². The van der Waals surface area contributed by atoms with Crippen molar-refractivity contribution in [2.45, 2.75) is 18.9 Å². The Morgan fingerprint density at radius 1 is 1.50 bits per heavy atom. The van der Waals surface area contributed by atoms with Gasteiger partial charge in [0.2, 0.25) is 0 Å². The lowest BCUT2D eigenvalue weighted by Crippen LogP contribution is -2.14. The van der Waals surface area contributed by atoms with Crippen LogP contribution < -0.4 is 5.32 Å². The molecule has 86 valence electrons. The number of benzene rings is 1. The molecule has 1 heterocycles. The average Bonchev–Trinajstić information content (AvgIpc) is 2.74. The molecule has 5 heteroatoms. The van der Waals surface area contributed by atoms with Gasteiger partial charge in [-0.3, -0.25) is 0 Å². The Kier molecular flexibility index (Phi) is 2.78. The molecule has 0 spiro atoms. The smallest absolute Gasteiger partial charge is 0.339 e. The number of hydrogen-bond acceptors (Lipinski definition) is 3. The number of nitrogens with one attached hydrogen (secondary N) is 1. The predicted octanol–water partition coefficient (Wildman–Crippen LogP) is 1.65. The molecule has 0 aromatic heterocycles. The highest BCUT2D eigenvalue weighted by molar-refractivity contribution is 5.91. The zero-order chi connectivity index (χ0) is 11.7. The van der Waals surface area contributed by atoms with Crippen LogP contribution >= 0.6 is 0 Å². The third-order valence-electron chi connectivity index (χ3n) is 2.78. The van der Waals surface area contributed by atoms with Crippen LogP contribution in [0.1, 0.15) is 34.8 Å². The van der Waals surface area contributed by atoms with Crippen molar-refractivity contribution in [1.82, 2.24) is 5.32 Å². The molecule has 0 bridgehead atoms. The monoisotopic (exact) mass is 225 g/mol. The van der Waals surface area contributed by atoms with Gasteiger partial charge in [-0.2, -0.15) is 0 Å². The Hall–Kier alpha value is -1.62. The molecule has 1 aromatic rings. The number of carboxylic acids is 1. The summed E-state index contributed by atoms with van der Waals surface area (Å²) in [5.41, 5.74) is 0.189. The standard InChI is InChI=1S/C11H12FNO3/c12-8-5-6(9-2-1-3-13-9)4-7(10(8)14)11(15)16/h4-5,9,13-14H,1-3H2,(H,15,16). The maximum absolute atomic E-state index is 13.3. The molecule has 1 atom stereocenters. The number of aromatic hydroxyl groups is 1. The molecule has 1 aliphatic heterocycles. The molecule has 1 saturated heterocycles. The summed E-state index contributed by atoms with van der Waals surface area (Å²) in [4.78, 5) is 10.8. The summed E-state index contributed by atoms with van der Waals surface area (Å²) in [6.45, 7) is 0.843. The van der Waals surface area contributed by atoms with Crippen molar-refractivity contribution in [3.05, 3.63) is 29.1 Å². The normalized spacial score (nSPS) is 19.9. The molecule has 0 amide bonds. The van der Waals surface area contributed by atoms with Crippen molar-refractivity contribution < 1.29 is 19.4 Å². The summed E-state index contributed by atoms with van der Waals surface area (Å²) < 4.78 is 13.3. The molecular formula is C11H12FNO3. The second kappa shape index (κ2) is 4.09. The number of aromatic carboxylic acids is 1. The van der Waals surface area contributed by atoms with E-state index in [1.165, 1.54) is 12.1 Å². The molecule has 0 aliphatic carbocycles. The third kappa shape index (κ3) is 1.86. The topological polar surface area (TPSA) is 69.6 Å². The van der Waals surface area contributed by atoms with Crippen LogP contribution in [-0.2, 0) is 0 Å². The number of carbonyl (C=O) groups is 1. The molecule has 1 aliphatic rings. The maximum Gasteiger partial charge on any atom is 0.339 e. The van der Waals surface area contributed by atoms with Gasteiger partial charge in [-0.25, -0.2) is 9.18 Å². The molecule has 1 fully saturated rings. The van der Waals surface area contributed by atoms with Gasteiger partial charge in [0.1, 0.15) is 5.56 Å². The first-order valence-electron chi connectivity index (χ1n) is 5.08. The van der Waals surface area contributed by atoms with E-state index in [1.807, 2.05) is 0 Å². The van der Waals surface area contributed by atoms with E-state index in [9.17, 15) is 14.3 Å². The van der Waals surface area contributed by atoms with Crippen LogP contribution in [0.3, 0.4) is 0 Å². The van der Waals surface area contributed by atoms with Crippen molar-refractivity contribution >= 4 is 5.97 Å². The minimum absolute atomic E-state index is 0.0202. The van der Waals surface area contributed by atoms with E-state index in [1.54, 1.807) is 0 Å². The zero-order valence-corrected chi connectivity index (χ0v) is 8.53. The molecule has 4 nitrogen and oxygen atoms in total. The minimum Gasteiger partial charge on any atom is -0.504 e. The fraction of sp³-hybridized carbons (Fsp3) is 0.364. The van der Waals surface area contributed by atoms with Gasteiger partial charge in [0.05, 0.1) is 0 Å². The summed E-state index contributed by atoms with van der Waals surface area (Å²) in [6.07, 6.45) is 1.83. The lowest BCUT2D eigenvalue weighted by molar-refractivity contribution is 0.0692. The number of carboxylic acid groups (broad SMARTS) is 1. The van der Waals surface area contributed by atoms with Crippen LogP contribution in [0.4, 0.5) is 4.39 Å². The highest BCUT2D eigenvalue weighted by atomic mass is 19.1. The van der Waals surface area contributed by atoms with Crippen LogP contribution in [0, 0.1) is 5.82 Å². The molecular weight excluding hydrogens is 213 g/mol. The summed E-state index contributed by atoms with van der Waals surface area (Å²) in [7, 11) is 0. The van der Waals surface area contributed by atoms with Crippen LogP contribution in [0.2, 0.25) is 0 Å². The average molecular weight is 225 g/mol. The van der Waals surface area contributed by atoms with Gasteiger partial charge in [-0.1, -0.05) is 0 Å². The number of halogens is 1. The maximum atomic E-state index is 13.3. The van der Waals surface area contributed by atoms with E-state index in [2.05, 4.69) is 5.32 Å². The van der Waals surface area contributed by atoms with Crippen molar-refractivity contribution in [1.29, 1.82) is 0 Å². The third-order valence-corrected chi connectivity index (χ3v) is 2.78. The fourth-order valence-electron chi connectivity index (χ4n) is 1.95. The van der Waals surface area contributed by atoms with Crippen molar-refractivity contribution in [3.8, 4) is 5.75 Å². The molecule has 16 heavy (non-hydrogen) atoms. The van der Waals surface area contributed by atoms with Gasteiger partial charge in [0, 0.05) is 6.04 Å². The van der Waals surface area contributed by atoms with Gasteiger partial charge in [0.15, 0.2) is 11.6 Å². The number of phenols is 1. The highest BCUT2D eigenvalue weighted by Gasteiger charge is 2.21. The van der Waals surface area contributed by atoms with E-state index >= 15 is 0 Å². The zero-order valence-electron chi connectivity index (χ0n) is 8.53. The first-order valence-corrected chi connectivity index (χ1v) is 5.08. The molecule has 0 radical (unpaired) electrons. The Balaban J connectivity index is 2.43. The lowest BCUT2D eigenvalue weighted by atomic mass is 10.0. The Bertz CT molecular complexity index is 427. The largest absolute Gasteiger partial charge is 0.504 e. The summed E-state index contributed by atoms with van der Waals surface area (Å²) in [5, 5.41) is 21.2. The van der Waals surface area contributed by atoms with Gasteiger partial charge >= 0.3 is 5.97 Å². The first-order chi connectivity index (χ1) is 7.59. The second-order valence-corrected chi connectivity index (χ2v) is 3.85. The van der Waals surface area contributed by atoms with Gasteiger partial charge in [-0.15, -0.1) is 0 Å². The van der Waals surface area contributed by atoms with Crippen LogP contribution in [0.25, 0.3) is 0 Å². The molecule has 3 N–H and O–H groups in total. The lowest BCUT2D eigenvalue weighted by Gasteiger charge is -2.12. The Morgan fingerprint density at radius 2 is 2.25 bits per heavy atom. The minimum atomic E-state index is -1.32. The van der Waals surface area contributed by atoms with E-state index in [4.69, 9.17) is 5.11 Å². The molecule has 0 saturated carbocycles. The summed E-state index contributed by atoms with van der Waals surface area (Å²) in [5.74, 6) is -3.01. The number of hydrogen-bond donors (Lipinski definition) is 3. The molecule has 1 unspecified atom stereocenters. The first kappa shape index (κ1) is 10.9. The summed E-state index contributed by atoms with van der Waals surface area (Å²) in [6, 6.07) is 2.49. The quantitative estimate of drug-likeness (QED) is 0.715. The SMILES string of the molecule is O=C(O)c1cc(C2CCCN2)cc(F)c1O. The van der Waals surface area contributed by atoms with E-state index < -0.39 is 17.5 Å². The predicted molar refractivity (Wildman–Crippen MR) is 55.0 cm³/mol.